The Labute approximate surface area is 638 Å². The molecule has 0 aliphatic heterocycles. The highest BCUT2D eigenvalue weighted by atomic mass is 31.2. The summed E-state index contributed by atoms with van der Waals surface area (Å²) in [4.78, 5) is 73.2. The number of carbonyl (C=O) groups is 4. The van der Waals surface area contributed by atoms with Gasteiger partial charge in [0.25, 0.3) is 0 Å². The van der Waals surface area contributed by atoms with Crippen LogP contribution in [0.4, 0.5) is 0 Å². The van der Waals surface area contributed by atoms with Crippen LogP contribution in [-0.4, -0.2) is 96.7 Å². The third-order valence-corrected chi connectivity index (χ3v) is 22.6. The molecule has 0 heterocycles. The second kappa shape index (κ2) is 76.4. The molecule has 0 spiro atoms. The molecule has 0 aliphatic rings. The molecule has 0 aromatic heterocycles. The van der Waals surface area contributed by atoms with E-state index in [4.69, 9.17) is 37.0 Å². The molecule has 0 fully saturated rings. The lowest BCUT2D eigenvalue weighted by molar-refractivity contribution is -0.161. The zero-order valence-corrected chi connectivity index (χ0v) is 70.1. The molecule has 7 atom stereocenters. The standard InChI is InChI=1S/C85H166O17P2/c1-7-11-13-15-17-19-21-23-28-33-37-44-50-56-62-68-83(88)96-73-80(101-84(89)69-63-57-51-45-38-34-30-27-25-24-26-29-32-35-41-47-53-59-65-77(5)9-3)75-99-103(91,92)97-71-79(86)72-98-104(93,94)100-76-81(74-95-82(87)67-61-55-49-43-36-31-22-20-18-16-14-12-8-2)102-85(90)70-64-58-52-46-40-39-42-48-54-60-66-78(6)10-4/h77-81,86H,7-76H2,1-6H3,(H,91,92)(H,93,94)/t77?,78?,79-,80-,81-/m1/s1. The van der Waals surface area contributed by atoms with Crippen molar-refractivity contribution >= 4 is 39.5 Å². The molecule has 0 radical (unpaired) electrons. The number of unbranched alkanes of at least 4 members (excludes halogenated alkanes) is 52. The Morgan fingerprint density at radius 2 is 0.462 bits per heavy atom. The van der Waals surface area contributed by atoms with Gasteiger partial charge in [-0.1, -0.05) is 401 Å². The van der Waals surface area contributed by atoms with Crippen LogP contribution in [0.15, 0.2) is 0 Å². The minimum Gasteiger partial charge on any atom is -0.462 e. The maximum atomic E-state index is 13.1. The van der Waals surface area contributed by atoms with Crippen molar-refractivity contribution in [3.63, 3.8) is 0 Å². The summed E-state index contributed by atoms with van der Waals surface area (Å²) in [6.07, 6.45) is 67.8. The van der Waals surface area contributed by atoms with E-state index in [2.05, 4.69) is 41.5 Å². The molecule has 618 valence electrons. The van der Waals surface area contributed by atoms with Crippen molar-refractivity contribution in [3.8, 4) is 0 Å². The summed E-state index contributed by atoms with van der Waals surface area (Å²) in [6, 6.07) is 0. The second-order valence-corrected chi connectivity index (χ2v) is 34.0. The number of hydrogen-bond donors (Lipinski definition) is 3. The number of carbonyl (C=O) groups excluding carboxylic acids is 4. The average molecular weight is 1520 g/mol. The SMILES string of the molecule is CCCCCCCCCCCCCCCCCC(=O)OC[C@H](COP(=O)(O)OC[C@@H](O)COP(=O)(O)OC[C@@H](COC(=O)CCCCCCCCCCCCCCC)OC(=O)CCCCCCCCCCCCC(C)CC)OC(=O)CCCCCCCCCCCCCCCCCCCCC(C)CC. The lowest BCUT2D eigenvalue weighted by atomic mass is 9.99. The Bertz CT molecular complexity index is 2000. The number of ether oxygens (including phenoxy) is 4. The van der Waals surface area contributed by atoms with Crippen molar-refractivity contribution in [1.82, 2.24) is 0 Å². The Morgan fingerprint density at radius 3 is 0.683 bits per heavy atom. The van der Waals surface area contributed by atoms with Crippen LogP contribution in [0, 0.1) is 11.8 Å². The van der Waals surface area contributed by atoms with Gasteiger partial charge in [0.2, 0.25) is 0 Å². The van der Waals surface area contributed by atoms with Gasteiger partial charge in [0.15, 0.2) is 12.2 Å². The molecule has 0 bridgehead atoms. The van der Waals surface area contributed by atoms with Crippen LogP contribution in [-0.2, 0) is 65.4 Å². The smallest absolute Gasteiger partial charge is 0.462 e. The normalized spacial score (nSPS) is 14.4. The van der Waals surface area contributed by atoms with Crippen LogP contribution in [0.1, 0.15) is 452 Å². The van der Waals surface area contributed by atoms with Crippen LogP contribution in [0.2, 0.25) is 0 Å². The summed E-state index contributed by atoms with van der Waals surface area (Å²) in [5, 5.41) is 10.7. The van der Waals surface area contributed by atoms with Gasteiger partial charge < -0.3 is 33.8 Å². The molecular formula is C85H166O17P2. The Balaban J connectivity index is 5.24. The van der Waals surface area contributed by atoms with Gasteiger partial charge in [0.05, 0.1) is 26.4 Å². The first-order chi connectivity index (χ1) is 50.4. The van der Waals surface area contributed by atoms with E-state index in [-0.39, 0.29) is 25.7 Å². The highest BCUT2D eigenvalue weighted by Gasteiger charge is 2.30. The number of phosphoric ester groups is 2. The highest BCUT2D eigenvalue weighted by molar-refractivity contribution is 7.47. The predicted octanol–water partition coefficient (Wildman–Crippen LogP) is 25.8. The van der Waals surface area contributed by atoms with Crippen molar-refractivity contribution in [2.24, 2.45) is 11.8 Å². The minimum atomic E-state index is -4.96. The average Bonchev–Trinajstić information content (AvgIpc) is 0.904. The molecule has 19 heteroatoms. The summed E-state index contributed by atoms with van der Waals surface area (Å²) < 4.78 is 68.9. The van der Waals surface area contributed by atoms with E-state index in [1.807, 2.05) is 0 Å². The fraction of sp³-hybridized carbons (Fsp3) is 0.953. The maximum Gasteiger partial charge on any atom is 0.472 e. The molecule has 0 aromatic rings. The zero-order chi connectivity index (χ0) is 76.4. The first-order valence-electron chi connectivity index (χ1n) is 44.1. The Kier molecular flexibility index (Phi) is 75.0. The van der Waals surface area contributed by atoms with E-state index in [0.717, 1.165) is 102 Å². The first-order valence-corrected chi connectivity index (χ1v) is 47.1. The van der Waals surface area contributed by atoms with Gasteiger partial charge in [-0.2, -0.15) is 0 Å². The van der Waals surface area contributed by atoms with Gasteiger partial charge in [-0.05, 0) is 37.5 Å². The molecule has 0 saturated carbocycles. The Hall–Kier alpha value is -1.94. The van der Waals surface area contributed by atoms with Crippen LogP contribution in [0.25, 0.3) is 0 Å². The summed E-state index contributed by atoms with van der Waals surface area (Å²) >= 11 is 0. The van der Waals surface area contributed by atoms with Crippen molar-refractivity contribution in [2.45, 2.75) is 471 Å². The predicted molar refractivity (Wildman–Crippen MR) is 428 cm³/mol. The second-order valence-electron chi connectivity index (χ2n) is 31.1. The van der Waals surface area contributed by atoms with E-state index < -0.39 is 97.5 Å². The summed E-state index contributed by atoms with van der Waals surface area (Å²) in [5.41, 5.74) is 0. The van der Waals surface area contributed by atoms with Gasteiger partial charge in [-0.3, -0.25) is 37.3 Å². The highest BCUT2D eigenvalue weighted by Crippen LogP contribution is 2.45. The van der Waals surface area contributed by atoms with E-state index in [0.29, 0.717) is 25.7 Å². The summed E-state index contributed by atoms with van der Waals surface area (Å²) in [6.45, 7) is 9.76. The van der Waals surface area contributed by atoms with E-state index in [1.165, 1.54) is 270 Å². The third-order valence-electron chi connectivity index (χ3n) is 20.7. The van der Waals surface area contributed by atoms with Gasteiger partial charge in [-0.15, -0.1) is 0 Å². The van der Waals surface area contributed by atoms with E-state index in [1.54, 1.807) is 0 Å². The lowest BCUT2D eigenvalue weighted by Gasteiger charge is -2.21. The van der Waals surface area contributed by atoms with Gasteiger partial charge in [0.1, 0.15) is 19.3 Å². The van der Waals surface area contributed by atoms with Gasteiger partial charge >= 0.3 is 39.5 Å². The fourth-order valence-electron chi connectivity index (χ4n) is 13.2. The molecule has 0 amide bonds. The van der Waals surface area contributed by atoms with Crippen molar-refractivity contribution in [2.75, 3.05) is 39.6 Å². The molecule has 3 N–H and O–H groups in total. The lowest BCUT2D eigenvalue weighted by Crippen LogP contribution is -2.30. The monoisotopic (exact) mass is 1520 g/mol. The van der Waals surface area contributed by atoms with Crippen molar-refractivity contribution in [1.29, 1.82) is 0 Å². The van der Waals surface area contributed by atoms with Crippen LogP contribution < -0.4 is 0 Å². The fourth-order valence-corrected chi connectivity index (χ4v) is 14.8. The number of esters is 4. The van der Waals surface area contributed by atoms with E-state index in [9.17, 15) is 43.2 Å². The summed E-state index contributed by atoms with van der Waals surface area (Å²) in [5.74, 6) is -0.427. The third kappa shape index (κ3) is 75.5. The summed E-state index contributed by atoms with van der Waals surface area (Å²) in [7, 11) is -9.93. The quantitative estimate of drug-likeness (QED) is 0.0222. The maximum absolute atomic E-state index is 13.1. The molecule has 0 aromatic carbocycles. The molecular weight excluding hydrogens is 1350 g/mol. The molecule has 4 unspecified atom stereocenters. The first kappa shape index (κ1) is 102. The zero-order valence-electron chi connectivity index (χ0n) is 68.3. The number of rotatable bonds is 84. The minimum absolute atomic E-state index is 0.107. The number of hydrogen-bond acceptors (Lipinski definition) is 15. The Morgan fingerprint density at radius 1 is 0.269 bits per heavy atom. The van der Waals surface area contributed by atoms with Gasteiger partial charge in [-0.25, -0.2) is 9.13 Å². The van der Waals surface area contributed by atoms with E-state index >= 15 is 0 Å². The van der Waals surface area contributed by atoms with Crippen LogP contribution in [0.3, 0.4) is 0 Å². The van der Waals surface area contributed by atoms with Crippen LogP contribution >= 0.6 is 15.6 Å². The number of aliphatic hydroxyl groups excluding tert-OH is 1. The molecule has 104 heavy (non-hydrogen) atoms. The number of aliphatic hydroxyl groups is 1. The van der Waals surface area contributed by atoms with Gasteiger partial charge in [0, 0.05) is 25.7 Å². The molecule has 0 aliphatic carbocycles. The topological polar surface area (TPSA) is 237 Å². The van der Waals surface area contributed by atoms with Crippen molar-refractivity contribution in [3.05, 3.63) is 0 Å². The van der Waals surface area contributed by atoms with Crippen molar-refractivity contribution < 1.29 is 80.2 Å². The molecule has 0 saturated heterocycles. The molecule has 17 nitrogen and oxygen atoms in total. The van der Waals surface area contributed by atoms with Crippen LogP contribution in [0.5, 0.6) is 0 Å². The number of phosphoric acid groups is 2. The largest absolute Gasteiger partial charge is 0.472 e. The molecule has 0 rings (SSSR count).